The smallest absolute Gasteiger partial charge is 0.152 e. The van der Waals surface area contributed by atoms with Gasteiger partial charge in [0.15, 0.2) is 12.6 Å². The standard InChI is InChI=1S/C46H32N2O2/c49-31-43-41-17-9-7-11-35(41)23-29-45(43)47(37-13-3-1-4-14-37)39-25-19-33(20-26-39)34-21-27-40(28-22-34)48(38-15-5-2-6-16-38)46-30-24-36-12-8-10-18-42(36)44(46)32-50/h1-32H. The lowest BCUT2D eigenvalue weighted by Gasteiger charge is -2.28. The number of carbonyl (C=O) groups is 2. The number of carbonyl (C=O) groups excluding carboxylic acids is 2. The van der Waals surface area contributed by atoms with Gasteiger partial charge in [-0.05, 0) is 93.3 Å². The van der Waals surface area contributed by atoms with Crippen LogP contribution in [0.15, 0.2) is 182 Å². The van der Waals surface area contributed by atoms with Crippen molar-refractivity contribution in [1.82, 2.24) is 0 Å². The Morgan fingerprint density at radius 2 is 0.660 bits per heavy atom. The van der Waals surface area contributed by atoms with Crippen LogP contribution in [0.3, 0.4) is 0 Å². The normalized spacial score (nSPS) is 11.0. The van der Waals surface area contributed by atoms with Gasteiger partial charge in [-0.15, -0.1) is 0 Å². The topological polar surface area (TPSA) is 40.6 Å². The summed E-state index contributed by atoms with van der Waals surface area (Å²) in [5.41, 5.74) is 8.90. The van der Waals surface area contributed by atoms with E-state index in [0.29, 0.717) is 11.1 Å². The molecule has 0 radical (unpaired) electrons. The van der Waals surface area contributed by atoms with Gasteiger partial charge in [-0.2, -0.15) is 0 Å². The number of hydrogen-bond acceptors (Lipinski definition) is 4. The first-order valence-corrected chi connectivity index (χ1v) is 16.6. The zero-order chi connectivity index (χ0) is 33.9. The molecule has 0 N–H and O–H groups in total. The van der Waals surface area contributed by atoms with E-state index < -0.39 is 0 Å². The van der Waals surface area contributed by atoms with Crippen LogP contribution in [0, 0.1) is 0 Å². The molecule has 0 fully saturated rings. The summed E-state index contributed by atoms with van der Waals surface area (Å²) in [5.74, 6) is 0. The molecule has 0 amide bonds. The maximum absolute atomic E-state index is 12.6. The molecule has 8 aromatic carbocycles. The highest BCUT2D eigenvalue weighted by Crippen LogP contribution is 2.41. The predicted octanol–water partition coefficient (Wildman–Crippen LogP) is 12.2. The first-order chi connectivity index (χ1) is 24.7. The quantitative estimate of drug-likeness (QED) is 0.147. The molecule has 0 unspecified atom stereocenters. The third-order valence-corrected chi connectivity index (χ3v) is 9.23. The third-order valence-electron chi connectivity index (χ3n) is 9.23. The van der Waals surface area contributed by atoms with E-state index >= 15 is 0 Å². The molecule has 0 heterocycles. The fraction of sp³-hybridized carbons (Fsp3) is 0. The second-order valence-corrected chi connectivity index (χ2v) is 12.1. The molecule has 0 spiro atoms. The molecule has 0 aliphatic heterocycles. The monoisotopic (exact) mass is 644 g/mol. The van der Waals surface area contributed by atoms with Crippen molar-refractivity contribution in [3.05, 3.63) is 193 Å². The highest BCUT2D eigenvalue weighted by atomic mass is 16.1. The maximum atomic E-state index is 12.6. The Morgan fingerprint density at radius 1 is 0.320 bits per heavy atom. The van der Waals surface area contributed by atoms with Crippen LogP contribution in [0.4, 0.5) is 34.1 Å². The maximum Gasteiger partial charge on any atom is 0.152 e. The van der Waals surface area contributed by atoms with E-state index in [1.165, 1.54) is 0 Å². The molecule has 8 aromatic rings. The van der Waals surface area contributed by atoms with Crippen LogP contribution >= 0.6 is 0 Å². The summed E-state index contributed by atoms with van der Waals surface area (Å²) in [6, 6.07) is 61.2. The van der Waals surface area contributed by atoms with Gasteiger partial charge in [-0.3, -0.25) is 9.59 Å². The van der Waals surface area contributed by atoms with E-state index in [4.69, 9.17) is 0 Å². The highest BCUT2D eigenvalue weighted by molar-refractivity contribution is 6.07. The lowest BCUT2D eigenvalue weighted by molar-refractivity contribution is 0.111. The first-order valence-electron chi connectivity index (χ1n) is 16.6. The van der Waals surface area contributed by atoms with Crippen LogP contribution < -0.4 is 9.80 Å². The summed E-state index contributed by atoms with van der Waals surface area (Å²) in [5, 5.41) is 3.90. The molecule has 0 saturated carbocycles. The molecule has 0 aliphatic rings. The average molecular weight is 645 g/mol. The first kappa shape index (κ1) is 30.5. The highest BCUT2D eigenvalue weighted by Gasteiger charge is 2.20. The Labute approximate surface area is 291 Å². The molecule has 8 rings (SSSR count). The molecule has 4 heteroatoms. The van der Waals surface area contributed by atoms with Crippen molar-refractivity contribution < 1.29 is 9.59 Å². The number of para-hydroxylation sites is 2. The summed E-state index contributed by atoms with van der Waals surface area (Å²) in [7, 11) is 0. The minimum atomic E-state index is 0.652. The van der Waals surface area contributed by atoms with Crippen molar-refractivity contribution in [2.24, 2.45) is 0 Å². The summed E-state index contributed by atoms with van der Waals surface area (Å²) >= 11 is 0. The number of benzene rings is 8. The van der Waals surface area contributed by atoms with Crippen LogP contribution in [0.2, 0.25) is 0 Å². The fourth-order valence-corrected chi connectivity index (χ4v) is 6.82. The molecule has 0 bridgehead atoms. The van der Waals surface area contributed by atoms with Gasteiger partial charge in [0, 0.05) is 33.9 Å². The zero-order valence-corrected chi connectivity index (χ0v) is 27.2. The van der Waals surface area contributed by atoms with Gasteiger partial charge in [-0.1, -0.05) is 121 Å². The van der Waals surface area contributed by atoms with Crippen molar-refractivity contribution in [2.75, 3.05) is 9.80 Å². The largest absolute Gasteiger partial charge is 0.310 e. The van der Waals surface area contributed by atoms with Gasteiger partial charge in [0.1, 0.15) is 0 Å². The molecule has 0 aliphatic carbocycles. The number of aldehydes is 2. The number of nitrogens with zero attached hydrogens (tertiary/aromatic N) is 2. The summed E-state index contributed by atoms with van der Waals surface area (Å²) in [6.07, 6.45) is 1.91. The summed E-state index contributed by atoms with van der Waals surface area (Å²) in [6.45, 7) is 0. The van der Waals surface area contributed by atoms with E-state index in [1.54, 1.807) is 0 Å². The van der Waals surface area contributed by atoms with Crippen LogP contribution in [-0.2, 0) is 0 Å². The van der Waals surface area contributed by atoms with Crippen LogP contribution in [0.25, 0.3) is 32.7 Å². The number of hydrogen-bond donors (Lipinski definition) is 0. The SMILES string of the molecule is O=Cc1c(N(c2ccccc2)c2ccc(-c3ccc(N(c4ccccc4)c4ccc5ccccc5c4C=O)cc3)cc2)ccc2ccccc12. The van der Waals surface area contributed by atoms with Gasteiger partial charge in [0.25, 0.3) is 0 Å². The van der Waals surface area contributed by atoms with Crippen LogP contribution in [0.5, 0.6) is 0 Å². The lowest BCUT2D eigenvalue weighted by atomic mass is 10.0. The Balaban J connectivity index is 1.17. The van der Waals surface area contributed by atoms with Gasteiger partial charge in [-0.25, -0.2) is 0 Å². The van der Waals surface area contributed by atoms with Crippen LogP contribution in [-0.4, -0.2) is 12.6 Å². The van der Waals surface area contributed by atoms with Crippen molar-refractivity contribution in [1.29, 1.82) is 0 Å². The number of anilines is 6. The van der Waals surface area contributed by atoms with E-state index in [-0.39, 0.29) is 0 Å². The van der Waals surface area contributed by atoms with Crippen molar-refractivity contribution in [2.45, 2.75) is 0 Å². The van der Waals surface area contributed by atoms with E-state index in [2.05, 4.69) is 94.7 Å². The Bertz CT molecular complexity index is 2280. The van der Waals surface area contributed by atoms with Gasteiger partial charge >= 0.3 is 0 Å². The molecule has 50 heavy (non-hydrogen) atoms. The number of rotatable bonds is 9. The minimum Gasteiger partial charge on any atom is -0.310 e. The Morgan fingerprint density at radius 3 is 1.04 bits per heavy atom. The molecule has 0 aromatic heterocycles. The molecule has 4 nitrogen and oxygen atoms in total. The Hall–Kier alpha value is -6.78. The lowest BCUT2D eigenvalue weighted by Crippen LogP contribution is -2.12. The van der Waals surface area contributed by atoms with E-state index in [0.717, 1.165) is 79.4 Å². The Kier molecular flexibility index (Phi) is 8.17. The third kappa shape index (κ3) is 5.59. The van der Waals surface area contributed by atoms with Crippen molar-refractivity contribution >= 4 is 68.2 Å². The minimum absolute atomic E-state index is 0.652. The predicted molar refractivity (Wildman–Crippen MR) is 207 cm³/mol. The molecule has 238 valence electrons. The number of fused-ring (bicyclic) bond motifs is 2. The zero-order valence-electron chi connectivity index (χ0n) is 27.2. The average Bonchev–Trinajstić information content (AvgIpc) is 3.19. The fourth-order valence-electron chi connectivity index (χ4n) is 6.82. The van der Waals surface area contributed by atoms with Gasteiger partial charge < -0.3 is 9.80 Å². The molecule has 0 saturated heterocycles. The molecule has 0 atom stereocenters. The second-order valence-electron chi connectivity index (χ2n) is 12.1. The molecular weight excluding hydrogens is 613 g/mol. The van der Waals surface area contributed by atoms with E-state index in [1.807, 2.05) is 97.1 Å². The summed E-state index contributed by atoms with van der Waals surface area (Å²) < 4.78 is 0. The summed E-state index contributed by atoms with van der Waals surface area (Å²) in [4.78, 5) is 29.4. The van der Waals surface area contributed by atoms with E-state index in [9.17, 15) is 9.59 Å². The molecular formula is C46H32N2O2. The van der Waals surface area contributed by atoms with Crippen LogP contribution in [0.1, 0.15) is 20.7 Å². The van der Waals surface area contributed by atoms with Gasteiger partial charge in [0.05, 0.1) is 11.4 Å². The second kappa shape index (κ2) is 13.4. The van der Waals surface area contributed by atoms with Crippen molar-refractivity contribution in [3.8, 4) is 11.1 Å². The van der Waals surface area contributed by atoms with Gasteiger partial charge in [0.2, 0.25) is 0 Å². The van der Waals surface area contributed by atoms with Crippen molar-refractivity contribution in [3.63, 3.8) is 0 Å².